The number of nitrogens with one attached hydrogen (secondary N) is 1. The summed E-state index contributed by atoms with van der Waals surface area (Å²) in [6.45, 7) is 7.48. The zero-order valence-electron chi connectivity index (χ0n) is 14.1. The molecule has 6 heteroatoms. The molecule has 1 aromatic carbocycles. The minimum absolute atomic E-state index is 0.0771. The van der Waals surface area contributed by atoms with Crippen LogP contribution in [0, 0.1) is 5.92 Å². The molecule has 130 valence electrons. The van der Waals surface area contributed by atoms with Crippen LogP contribution in [0.15, 0.2) is 24.3 Å². The summed E-state index contributed by atoms with van der Waals surface area (Å²) in [5.74, 6) is 1.51. The highest BCUT2D eigenvalue weighted by Crippen LogP contribution is 2.21. The predicted octanol–water partition coefficient (Wildman–Crippen LogP) is 2.53. The lowest BCUT2D eigenvalue weighted by Crippen LogP contribution is -2.48. The Morgan fingerprint density at radius 1 is 1.30 bits per heavy atom. The van der Waals surface area contributed by atoms with Gasteiger partial charge in [-0.2, -0.15) is 0 Å². The molecule has 1 saturated heterocycles. The lowest BCUT2D eigenvalue weighted by molar-refractivity contribution is 0.0274. The van der Waals surface area contributed by atoms with Gasteiger partial charge in [0.1, 0.15) is 5.75 Å². The molecule has 0 amide bonds. The SMILES string of the molecule is CCS(=O)(=O)N[C@@H]1COCC[C@H]1COc1ccc(C(C)C)cc1. The fourth-order valence-corrected chi connectivity index (χ4v) is 3.47. The molecule has 1 aliphatic heterocycles. The molecule has 0 aromatic heterocycles. The third-order valence-electron chi connectivity index (χ3n) is 4.22. The van der Waals surface area contributed by atoms with Crippen LogP contribution in [0.2, 0.25) is 0 Å². The number of benzene rings is 1. The van der Waals surface area contributed by atoms with Crippen LogP contribution < -0.4 is 9.46 Å². The van der Waals surface area contributed by atoms with Gasteiger partial charge in [0.05, 0.1) is 25.0 Å². The fraction of sp³-hybridized carbons (Fsp3) is 0.647. The summed E-state index contributed by atoms with van der Waals surface area (Å²) < 4.78 is 37.6. The van der Waals surface area contributed by atoms with Crippen molar-refractivity contribution in [3.05, 3.63) is 29.8 Å². The molecule has 1 heterocycles. The zero-order valence-corrected chi connectivity index (χ0v) is 14.9. The molecule has 5 nitrogen and oxygen atoms in total. The first-order valence-electron chi connectivity index (χ1n) is 8.21. The summed E-state index contributed by atoms with van der Waals surface area (Å²) in [4.78, 5) is 0. The van der Waals surface area contributed by atoms with E-state index < -0.39 is 10.0 Å². The van der Waals surface area contributed by atoms with Crippen LogP contribution >= 0.6 is 0 Å². The van der Waals surface area contributed by atoms with Gasteiger partial charge in [0.15, 0.2) is 0 Å². The molecule has 1 fully saturated rings. The average molecular weight is 341 g/mol. The Kier molecular flexibility index (Phi) is 6.44. The van der Waals surface area contributed by atoms with Crippen molar-refractivity contribution in [2.75, 3.05) is 25.6 Å². The van der Waals surface area contributed by atoms with Gasteiger partial charge in [-0.1, -0.05) is 26.0 Å². The molecular formula is C17H27NO4S. The highest BCUT2D eigenvalue weighted by molar-refractivity contribution is 7.89. The Balaban J connectivity index is 1.94. The summed E-state index contributed by atoms with van der Waals surface area (Å²) in [5.41, 5.74) is 1.27. The molecule has 1 aromatic rings. The Bertz CT molecular complexity index is 583. The molecular weight excluding hydrogens is 314 g/mol. The molecule has 23 heavy (non-hydrogen) atoms. The van der Waals surface area contributed by atoms with Crippen LogP contribution in [-0.2, 0) is 14.8 Å². The van der Waals surface area contributed by atoms with E-state index in [4.69, 9.17) is 9.47 Å². The average Bonchev–Trinajstić information content (AvgIpc) is 2.54. The molecule has 0 spiro atoms. The van der Waals surface area contributed by atoms with Crippen molar-refractivity contribution in [3.63, 3.8) is 0 Å². The maximum atomic E-state index is 11.8. The van der Waals surface area contributed by atoms with Crippen LogP contribution in [0.3, 0.4) is 0 Å². The monoisotopic (exact) mass is 341 g/mol. The normalized spacial score (nSPS) is 22.3. The van der Waals surface area contributed by atoms with Crippen LogP contribution in [0.25, 0.3) is 0 Å². The first-order valence-corrected chi connectivity index (χ1v) is 9.87. The van der Waals surface area contributed by atoms with E-state index in [-0.39, 0.29) is 17.7 Å². The van der Waals surface area contributed by atoms with E-state index >= 15 is 0 Å². The molecule has 0 saturated carbocycles. The maximum absolute atomic E-state index is 11.8. The molecule has 0 bridgehead atoms. The Morgan fingerprint density at radius 2 is 2.00 bits per heavy atom. The first-order chi connectivity index (χ1) is 10.9. The third-order valence-corrected chi connectivity index (χ3v) is 5.64. The standard InChI is InChI=1S/C17H27NO4S/c1-4-23(19,20)18-17-12-21-10-9-15(17)11-22-16-7-5-14(6-8-16)13(2)3/h5-8,13,15,17-18H,4,9-12H2,1-3H3/t15-,17+/m0/s1. The number of hydrogen-bond acceptors (Lipinski definition) is 4. The second-order valence-corrected chi connectivity index (χ2v) is 8.33. The van der Waals surface area contributed by atoms with E-state index in [0.717, 1.165) is 12.2 Å². The molecule has 2 atom stereocenters. The van der Waals surface area contributed by atoms with Crippen molar-refractivity contribution in [1.82, 2.24) is 4.72 Å². The Morgan fingerprint density at radius 3 is 2.61 bits per heavy atom. The summed E-state index contributed by atoms with van der Waals surface area (Å²) in [6, 6.07) is 7.87. The highest BCUT2D eigenvalue weighted by Gasteiger charge is 2.29. The molecule has 0 aliphatic carbocycles. The summed E-state index contributed by atoms with van der Waals surface area (Å²) in [6.07, 6.45) is 0.793. The Labute approximate surface area is 139 Å². The fourth-order valence-electron chi connectivity index (χ4n) is 2.58. The van der Waals surface area contributed by atoms with Gasteiger partial charge in [0.25, 0.3) is 0 Å². The van der Waals surface area contributed by atoms with Crippen LogP contribution in [-0.4, -0.2) is 40.0 Å². The lowest BCUT2D eigenvalue weighted by atomic mass is 9.97. The van der Waals surface area contributed by atoms with Gasteiger partial charge in [0.2, 0.25) is 10.0 Å². The quantitative estimate of drug-likeness (QED) is 0.828. The first kappa shape index (κ1) is 18.2. The van der Waals surface area contributed by atoms with Crippen molar-refractivity contribution >= 4 is 10.0 Å². The molecule has 0 unspecified atom stereocenters. The summed E-state index contributed by atoms with van der Waals surface area (Å²) >= 11 is 0. The minimum Gasteiger partial charge on any atom is -0.493 e. The van der Waals surface area contributed by atoms with Crippen molar-refractivity contribution in [2.45, 2.75) is 39.2 Å². The number of hydrogen-bond donors (Lipinski definition) is 1. The zero-order chi connectivity index (χ0) is 16.9. The van der Waals surface area contributed by atoms with Gasteiger partial charge in [-0.15, -0.1) is 0 Å². The van der Waals surface area contributed by atoms with Crippen molar-refractivity contribution in [1.29, 1.82) is 0 Å². The largest absolute Gasteiger partial charge is 0.493 e. The van der Waals surface area contributed by atoms with E-state index in [1.54, 1.807) is 6.92 Å². The van der Waals surface area contributed by atoms with E-state index in [1.165, 1.54) is 5.56 Å². The van der Waals surface area contributed by atoms with Gasteiger partial charge in [0, 0.05) is 12.5 Å². The number of ether oxygens (including phenoxy) is 2. The van der Waals surface area contributed by atoms with Gasteiger partial charge in [-0.3, -0.25) is 0 Å². The van der Waals surface area contributed by atoms with E-state index in [2.05, 4.69) is 30.7 Å². The van der Waals surface area contributed by atoms with E-state index in [0.29, 0.717) is 25.7 Å². The van der Waals surface area contributed by atoms with Crippen molar-refractivity contribution in [3.8, 4) is 5.75 Å². The molecule has 0 radical (unpaired) electrons. The second-order valence-electron chi connectivity index (χ2n) is 6.29. The predicted molar refractivity (Wildman–Crippen MR) is 91.3 cm³/mol. The van der Waals surface area contributed by atoms with Gasteiger partial charge >= 0.3 is 0 Å². The van der Waals surface area contributed by atoms with Gasteiger partial charge in [-0.25, -0.2) is 13.1 Å². The minimum atomic E-state index is -3.24. The van der Waals surface area contributed by atoms with Crippen LogP contribution in [0.4, 0.5) is 0 Å². The number of sulfonamides is 1. The molecule has 2 rings (SSSR count). The van der Waals surface area contributed by atoms with Gasteiger partial charge in [-0.05, 0) is 37.0 Å². The van der Waals surface area contributed by atoms with Crippen molar-refractivity contribution < 1.29 is 17.9 Å². The molecule has 1 N–H and O–H groups in total. The van der Waals surface area contributed by atoms with Gasteiger partial charge < -0.3 is 9.47 Å². The lowest BCUT2D eigenvalue weighted by Gasteiger charge is -2.31. The topological polar surface area (TPSA) is 64.6 Å². The third kappa shape index (κ3) is 5.48. The van der Waals surface area contributed by atoms with Crippen LogP contribution in [0.1, 0.15) is 38.7 Å². The Hall–Kier alpha value is -1.11. The summed E-state index contributed by atoms with van der Waals surface area (Å²) in [5, 5.41) is 0. The van der Waals surface area contributed by atoms with E-state index in [1.807, 2.05) is 12.1 Å². The highest BCUT2D eigenvalue weighted by atomic mass is 32.2. The van der Waals surface area contributed by atoms with E-state index in [9.17, 15) is 8.42 Å². The maximum Gasteiger partial charge on any atom is 0.211 e. The number of rotatable bonds is 7. The second kappa shape index (κ2) is 8.13. The van der Waals surface area contributed by atoms with Crippen LogP contribution in [0.5, 0.6) is 5.75 Å². The van der Waals surface area contributed by atoms with Crippen molar-refractivity contribution in [2.24, 2.45) is 5.92 Å². The summed E-state index contributed by atoms with van der Waals surface area (Å²) in [7, 11) is -3.24. The molecule has 1 aliphatic rings. The smallest absolute Gasteiger partial charge is 0.211 e.